The van der Waals surface area contributed by atoms with Crippen LogP contribution in [0, 0.1) is 0 Å². The third-order valence-corrected chi connectivity index (χ3v) is 3.48. The van der Waals surface area contributed by atoms with E-state index in [1.54, 1.807) is 11.3 Å². The topological polar surface area (TPSA) is 29.3 Å². The molecule has 0 aromatic carbocycles. The molecule has 0 bridgehead atoms. The second kappa shape index (κ2) is 5.49. The van der Waals surface area contributed by atoms with Crippen molar-refractivity contribution in [1.29, 1.82) is 0 Å². The van der Waals surface area contributed by atoms with Crippen LogP contribution in [0.5, 0.6) is 0 Å². The molecule has 2 atom stereocenters. The third-order valence-electron chi connectivity index (χ3n) is 2.54. The van der Waals surface area contributed by atoms with Crippen molar-refractivity contribution in [3.63, 3.8) is 0 Å². The Balaban J connectivity index is 2.84. The highest BCUT2D eigenvalue weighted by Gasteiger charge is 2.22. The molecule has 1 heterocycles. The zero-order valence-corrected chi connectivity index (χ0v) is 10.1. The third kappa shape index (κ3) is 2.56. The van der Waals surface area contributed by atoms with Gasteiger partial charge in [-0.2, -0.15) is 0 Å². The van der Waals surface area contributed by atoms with Crippen molar-refractivity contribution in [3.05, 3.63) is 22.4 Å². The summed E-state index contributed by atoms with van der Waals surface area (Å²) in [6.07, 6.45) is 0. The van der Waals surface area contributed by atoms with E-state index in [9.17, 15) is 0 Å². The summed E-state index contributed by atoms with van der Waals surface area (Å²) >= 11 is 1.80. The van der Waals surface area contributed by atoms with E-state index in [1.807, 2.05) is 0 Å². The Kier molecular flexibility index (Phi) is 4.58. The minimum absolute atomic E-state index is 0.188. The maximum atomic E-state index is 6.04. The van der Waals surface area contributed by atoms with E-state index in [0.717, 1.165) is 13.1 Å². The molecule has 0 aliphatic rings. The first kappa shape index (κ1) is 11.7. The van der Waals surface area contributed by atoms with Crippen molar-refractivity contribution >= 4 is 11.3 Å². The number of likely N-dealkylation sites (N-methyl/N-ethyl adjacent to an activating group) is 1. The van der Waals surface area contributed by atoms with E-state index < -0.39 is 0 Å². The Morgan fingerprint density at radius 3 is 2.43 bits per heavy atom. The Morgan fingerprint density at radius 2 is 2.07 bits per heavy atom. The molecule has 0 aliphatic heterocycles. The minimum Gasteiger partial charge on any atom is -0.326 e. The van der Waals surface area contributed by atoms with Gasteiger partial charge in [0.15, 0.2) is 0 Å². The molecule has 1 aromatic heterocycles. The zero-order valence-electron chi connectivity index (χ0n) is 9.23. The molecule has 0 aliphatic carbocycles. The van der Waals surface area contributed by atoms with Gasteiger partial charge in [0.25, 0.3) is 0 Å². The monoisotopic (exact) mass is 212 g/mol. The highest BCUT2D eigenvalue weighted by atomic mass is 32.1. The molecule has 0 spiro atoms. The van der Waals surface area contributed by atoms with Gasteiger partial charge < -0.3 is 5.73 Å². The first-order valence-electron chi connectivity index (χ1n) is 5.23. The summed E-state index contributed by atoms with van der Waals surface area (Å²) in [6.45, 7) is 8.57. The Bertz CT molecular complexity index is 240. The van der Waals surface area contributed by atoms with Gasteiger partial charge in [0.2, 0.25) is 0 Å². The van der Waals surface area contributed by atoms with Gasteiger partial charge in [-0.1, -0.05) is 19.9 Å². The van der Waals surface area contributed by atoms with Crippen LogP contribution >= 0.6 is 11.3 Å². The van der Waals surface area contributed by atoms with Crippen LogP contribution in [-0.4, -0.2) is 24.0 Å². The van der Waals surface area contributed by atoms with Crippen LogP contribution in [0.4, 0.5) is 0 Å². The van der Waals surface area contributed by atoms with Gasteiger partial charge in [0, 0.05) is 10.9 Å². The molecule has 0 fully saturated rings. The lowest BCUT2D eigenvalue weighted by Crippen LogP contribution is -2.38. The highest BCUT2D eigenvalue weighted by Crippen LogP contribution is 2.26. The van der Waals surface area contributed by atoms with Crippen LogP contribution < -0.4 is 5.73 Å². The smallest absolute Gasteiger partial charge is 0.0590 e. The molecule has 3 heteroatoms. The van der Waals surface area contributed by atoms with E-state index in [0.29, 0.717) is 6.04 Å². The summed E-state index contributed by atoms with van der Waals surface area (Å²) < 4.78 is 0. The van der Waals surface area contributed by atoms with Crippen LogP contribution in [0.15, 0.2) is 17.5 Å². The number of thiophene rings is 1. The number of nitrogens with zero attached hydrogens (tertiary/aromatic N) is 1. The molecule has 2 nitrogen and oxygen atoms in total. The first-order chi connectivity index (χ1) is 6.70. The van der Waals surface area contributed by atoms with Gasteiger partial charge in [-0.25, -0.2) is 0 Å². The van der Waals surface area contributed by atoms with Gasteiger partial charge in [0.1, 0.15) is 0 Å². The van der Waals surface area contributed by atoms with Crippen LogP contribution in [0.2, 0.25) is 0 Å². The number of nitrogens with two attached hydrogens (primary N) is 1. The first-order valence-corrected chi connectivity index (χ1v) is 6.11. The molecule has 2 N–H and O–H groups in total. The minimum atomic E-state index is 0.188. The van der Waals surface area contributed by atoms with Crippen molar-refractivity contribution < 1.29 is 0 Å². The molecule has 2 unspecified atom stereocenters. The maximum Gasteiger partial charge on any atom is 0.0590 e. The second-order valence-corrected chi connectivity index (χ2v) is 4.52. The lowest BCUT2D eigenvalue weighted by molar-refractivity contribution is 0.198. The van der Waals surface area contributed by atoms with Gasteiger partial charge in [0.05, 0.1) is 6.04 Å². The fourth-order valence-corrected chi connectivity index (χ4v) is 2.82. The molecule has 14 heavy (non-hydrogen) atoms. The summed E-state index contributed by atoms with van der Waals surface area (Å²) in [7, 11) is 0. The highest BCUT2D eigenvalue weighted by molar-refractivity contribution is 7.10. The quantitative estimate of drug-likeness (QED) is 0.812. The lowest BCUT2D eigenvalue weighted by atomic mass is 10.1. The summed E-state index contributed by atoms with van der Waals surface area (Å²) in [5.41, 5.74) is 6.04. The fraction of sp³-hybridized carbons (Fsp3) is 0.636. The molecule has 0 amide bonds. The average Bonchev–Trinajstić information content (AvgIpc) is 2.65. The Labute approximate surface area is 90.7 Å². The van der Waals surface area contributed by atoms with Crippen molar-refractivity contribution in [2.24, 2.45) is 5.73 Å². The maximum absolute atomic E-state index is 6.04. The van der Waals surface area contributed by atoms with Crippen molar-refractivity contribution in [3.8, 4) is 0 Å². The van der Waals surface area contributed by atoms with E-state index in [1.165, 1.54) is 4.88 Å². The molecule has 1 rings (SSSR count). The van der Waals surface area contributed by atoms with Crippen LogP contribution in [0.3, 0.4) is 0 Å². The molecule has 0 radical (unpaired) electrons. The molecular weight excluding hydrogens is 192 g/mol. The van der Waals surface area contributed by atoms with E-state index >= 15 is 0 Å². The van der Waals surface area contributed by atoms with Gasteiger partial charge in [-0.15, -0.1) is 11.3 Å². The van der Waals surface area contributed by atoms with Crippen molar-refractivity contribution in [2.45, 2.75) is 32.9 Å². The summed E-state index contributed by atoms with van der Waals surface area (Å²) in [5.74, 6) is 0. The Morgan fingerprint density at radius 1 is 1.43 bits per heavy atom. The standard InChI is InChI=1S/C11H20N2S/c1-4-13(5-2)11(9(3)12)10-7-6-8-14-10/h6-9,11H,4-5,12H2,1-3H3. The number of hydrogen-bond acceptors (Lipinski definition) is 3. The van der Waals surface area contributed by atoms with Crippen molar-refractivity contribution in [1.82, 2.24) is 4.90 Å². The fourth-order valence-electron chi connectivity index (χ4n) is 1.85. The largest absolute Gasteiger partial charge is 0.326 e. The number of hydrogen-bond donors (Lipinski definition) is 1. The molecule has 1 aromatic rings. The normalized spacial score (nSPS) is 15.8. The van der Waals surface area contributed by atoms with Crippen LogP contribution in [0.25, 0.3) is 0 Å². The predicted octanol–water partition coefficient (Wildman–Crippen LogP) is 2.48. The van der Waals surface area contributed by atoms with Gasteiger partial charge in [-0.3, -0.25) is 4.90 Å². The second-order valence-electron chi connectivity index (χ2n) is 3.54. The summed E-state index contributed by atoms with van der Waals surface area (Å²) in [5, 5.41) is 2.12. The van der Waals surface area contributed by atoms with Gasteiger partial charge >= 0.3 is 0 Å². The van der Waals surface area contributed by atoms with Gasteiger partial charge in [-0.05, 0) is 31.5 Å². The summed E-state index contributed by atoms with van der Waals surface area (Å²) in [6, 6.07) is 4.84. The lowest BCUT2D eigenvalue weighted by Gasteiger charge is -2.31. The van der Waals surface area contributed by atoms with Crippen LogP contribution in [-0.2, 0) is 0 Å². The van der Waals surface area contributed by atoms with E-state index in [4.69, 9.17) is 5.73 Å². The molecule has 80 valence electrons. The molecular formula is C11H20N2S. The van der Waals surface area contributed by atoms with Crippen molar-refractivity contribution in [2.75, 3.05) is 13.1 Å². The van der Waals surface area contributed by atoms with E-state index in [-0.39, 0.29) is 6.04 Å². The predicted molar refractivity (Wildman–Crippen MR) is 63.6 cm³/mol. The SMILES string of the molecule is CCN(CC)C(c1cccs1)C(C)N. The molecule has 0 saturated heterocycles. The zero-order chi connectivity index (χ0) is 10.6. The van der Waals surface area contributed by atoms with Crippen LogP contribution in [0.1, 0.15) is 31.7 Å². The summed E-state index contributed by atoms with van der Waals surface area (Å²) in [4.78, 5) is 3.79. The Hall–Kier alpha value is -0.380. The van der Waals surface area contributed by atoms with E-state index in [2.05, 4.69) is 43.2 Å². The molecule has 0 saturated carbocycles. The average molecular weight is 212 g/mol. The number of rotatable bonds is 5.